The van der Waals surface area contributed by atoms with Gasteiger partial charge in [0, 0.05) is 54.9 Å². The molecule has 9 heteroatoms. The van der Waals surface area contributed by atoms with Gasteiger partial charge in [0.15, 0.2) is 0 Å². The molecule has 30 heavy (non-hydrogen) atoms. The predicted molar refractivity (Wildman–Crippen MR) is 130 cm³/mol. The van der Waals surface area contributed by atoms with Crippen LogP contribution in [0.1, 0.15) is 20.3 Å². The smallest absolute Gasteiger partial charge is 0.139 e. The van der Waals surface area contributed by atoms with Crippen molar-refractivity contribution in [3.8, 4) is 22.8 Å². The van der Waals surface area contributed by atoms with E-state index in [1.807, 2.05) is 42.8 Å². The van der Waals surface area contributed by atoms with Gasteiger partial charge in [-0.3, -0.25) is 0 Å². The fourth-order valence-electron chi connectivity index (χ4n) is 3.56. The molecule has 2 N–H and O–H groups in total. The molecular formula is C21H27BrCl2N4O2. The third-order valence-electron chi connectivity index (χ3n) is 4.93. The van der Waals surface area contributed by atoms with Crippen LogP contribution in [0.25, 0.3) is 16.9 Å². The Balaban J connectivity index is 0.00000160. The van der Waals surface area contributed by atoms with Crippen LogP contribution in [0.4, 0.5) is 5.69 Å². The molecule has 1 aliphatic rings. The van der Waals surface area contributed by atoms with Crippen LogP contribution in [0.2, 0.25) is 0 Å². The number of nitrogens with zero attached hydrogens (tertiary/aromatic N) is 3. The zero-order chi connectivity index (χ0) is 19.8. The summed E-state index contributed by atoms with van der Waals surface area (Å²) < 4.78 is 14.4. The van der Waals surface area contributed by atoms with E-state index in [0.717, 1.165) is 58.1 Å². The molecule has 1 unspecified atom stereocenters. The Bertz CT molecular complexity index is 1010. The van der Waals surface area contributed by atoms with Gasteiger partial charge < -0.3 is 24.5 Å². The SMILES string of the molecule is COc1cc(OC(C)C)c(-c2cn3ccc(N4CCC(N)C4)cc3n2)cc1Br.Cl.Cl. The second-order valence-corrected chi connectivity index (χ2v) is 8.28. The quantitative estimate of drug-likeness (QED) is 0.519. The maximum absolute atomic E-state index is 6.06. The molecule has 0 aliphatic carbocycles. The predicted octanol–water partition coefficient (Wildman–Crippen LogP) is 4.94. The second-order valence-electron chi connectivity index (χ2n) is 7.42. The minimum Gasteiger partial charge on any atom is -0.495 e. The number of hydrogen-bond acceptors (Lipinski definition) is 5. The summed E-state index contributed by atoms with van der Waals surface area (Å²) in [5.74, 6) is 1.49. The summed E-state index contributed by atoms with van der Waals surface area (Å²) in [4.78, 5) is 7.18. The zero-order valence-corrected chi connectivity index (χ0v) is 20.4. The van der Waals surface area contributed by atoms with Crippen molar-refractivity contribution < 1.29 is 9.47 Å². The monoisotopic (exact) mass is 516 g/mol. The molecule has 1 aliphatic heterocycles. The van der Waals surface area contributed by atoms with Crippen LogP contribution >= 0.6 is 40.7 Å². The summed E-state index contributed by atoms with van der Waals surface area (Å²) in [6.45, 7) is 5.90. The molecule has 1 aromatic carbocycles. The number of imidazole rings is 1. The third-order valence-corrected chi connectivity index (χ3v) is 5.55. The first-order valence-corrected chi connectivity index (χ1v) is 10.3. The molecular weight excluding hydrogens is 491 g/mol. The molecule has 1 saturated heterocycles. The van der Waals surface area contributed by atoms with Gasteiger partial charge in [-0.15, -0.1) is 24.8 Å². The lowest BCUT2D eigenvalue weighted by Gasteiger charge is -2.17. The lowest BCUT2D eigenvalue weighted by molar-refractivity contribution is 0.242. The van der Waals surface area contributed by atoms with Crippen LogP contribution in [-0.2, 0) is 0 Å². The summed E-state index contributed by atoms with van der Waals surface area (Å²) in [6.07, 6.45) is 5.15. The van der Waals surface area contributed by atoms with Crippen LogP contribution in [0.3, 0.4) is 0 Å². The maximum Gasteiger partial charge on any atom is 0.139 e. The molecule has 0 amide bonds. The van der Waals surface area contributed by atoms with Gasteiger partial charge in [-0.05, 0) is 48.3 Å². The standard InChI is InChI=1S/C21H25BrN4O2.2ClH/c1-13(2)28-19-10-20(27-3)17(22)9-16(19)18-12-26-7-5-15(8-21(26)24-18)25-6-4-14(23)11-25;;/h5,7-10,12-14H,4,6,11,23H2,1-3H3;2*1H. The summed E-state index contributed by atoms with van der Waals surface area (Å²) >= 11 is 3.58. The number of pyridine rings is 1. The van der Waals surface area contributed by atoms with Crippen LogP contribution in [0.5, 0.6) is 11.5 Å². The minimum absolute atomic E-state index is 0. The Morgan fingerprint density at radius 3 is 2.60 bits per heavy atom. The van der Waals surface area contributed by atoms with Crippen molar-refractivity contribution in [2.75, 3.05) is 25.1 Å². The van der Waals surface area contributed by atoms with Crippen LogP contribution in [0.15, 0.2) is 41.1 Å². The zero-order valence-electron chi connectivity index (χ0n) is 17.2. The van der Waals surface area contributed by atoms with Crippen LogP contribution < -0.4 is 20.1 Å². The van der Waals surface area contributed by atoms with E-state index in [4.69, 9.17) is 20.2 Å². The topological polar surface area (TPSA) is 65.0 Å². The van der Waals surface area contributed by atoms with Crippen LogP contribution in [0, 0.1) is 0 Å². The molecule has 4 rings (SSSR count). The normalized spacial score (nSPS) is 15.8. The molecule has 0 saturated carbocycles. The molecule has 164 valence electrons. The van der Waals surface area contributed by atoms with Crippen molar-refractivity contribution >= 4 is 52.1 Å². The van der Waals surface area contributed by atoms with E-state index in [0.29, 0.717) is 0 Å². The highest BCUT2D eigenvalue weighted by Crippen LogP contribution is 2.39. The van der Waals surface area contributed by atoms with Crippen molar-refractivity contribution in [2.24, 2.45) is 5.73 Å². The van der Waals surface area contributed by atoms with E-state index < -0.39 is 0 Å². The van der Waals surface area contributed by atoms with Gasteiger partial charge in [0.1, 0.15) is 17.1 Å². The summed E-state index contributed by atoms with van der Waals surface area (Å²) in [5, 5.41) is 0. The Labute approximate surface area is 197 Å². The lowest BCUT2D eigenvalue weighted by Crippen LogP contribution is -2.26. The highest BCUT2D eigenvalue weighted by atomic mass is 79.9. The lowest BCUT2D eigenvalue weighted by atomic mass is 10.1. The fourth-order valence-corrected chi connectivity index (χ4v) is 4.07. The highest BCUT2D eigenvalue weighted by Gasteiger charge is 2.20. The molecule has 0 spiro atoms. The number of halogens is 3. The van der Waals surface area contributed by atoms with Crippen molar-refractivity contribution in [2.45, 2.75) is 32.4 Å². The average Bonchev–Trinajstić information content (AvgIpc) is 3.27. The molecule has 0 radical (unpaired) electrons. The molecule has 6 nitrogen and oxygen atoms in total. The Hall–Kier alpha value is -1.67. The van der Waals surface area contributed by atoms with Gasteiger partial charge in [0.2, 0.25) is 0 Å². The summed E-state index contributed by atoms with van der Waals surface area (Å²) in [7, 11) is 1.65. The number of aromatic nitrogens is 2. The Morgan fingerprint density at radius 2 is 1.97 bits per heavy atom. The third kappa shape index (κ3) is 4.97. The van der Waals surface area contributed by atoms with Crippen molar-refractivity contribution in [3.05, 3.63) is 41.1 Å². The molecule has 3 heterocycles. The number of ether oxygens (including phenoxy) is 2. The first-order valence-electron chi connectivity index (χ1n) is 9.48. The van der Waals surface area contributed by atoms with Crippen LogP contribution in [-0.4, -0.2) is 41.7 Å². The largest absolute Gasteiger partial charge is 0.495 e. The van der Waals surface area contributed by atoms with Crippen molar-refractivity contribution in [1.29, 1.82) is 0 Å². The molecule has 2 aromatic heterocycles. The minimum atomic E-state index is 0. The number of fused-ring (bicyclic) bond motifs is 1. The number of nitrogens with two attached hydrogens (primary N) is 1. The number of methoxy groups -OCH3 is 1. The number of anilines is 1. The van der Waals surface area contributed by atoms with Gasteiger partial charge in [0.25, 0.3) is 0 Å². The van der Waals surface area contributed by atoms with Gasteiger partial charge >= 0.3 is 0 Å². The fraction of sp³-hybridized carbons (Fsp3) is 0.381. The summed E-state index contributed by atoms with van der Waals surface area (Å²) in [6, 6.07) is 8.38. The molecule has 3 aromatic rings. The number of rotatable bonds is 5. The van der Waals surface area contributed by atoms with E-state index in [1.54, 1.807) is 7.11 Å². The van der Waals surface area contributed by atoms with E-state index in [2.05, 4.69) is 33.0 Å². The highest BCUT2D eigenvalue weighted by molar-refractivity contribution is 9.10. The van der Waals surface area contributed by atoms with E-state index in [9.17, 15) is 0 Å². The maximum atomic E-state index is 6.06. The number of benzene rings is 1. The molecule has 0 bridgehead atoms. The first-order chi connectivity index (χ1) is 13.4. The van der Waals surface area contributed by atoms with E-state index >= 15 is 0 Å². The van der Waals surface area contributed by atoms with Gasteiger partial charge in [-0.2, -0.15) is 0 Å². The average molecular weight is 518 g/mol. The van der Waals surface area contributed by atoms with Crippen molar-refractivity contribution in [1.82, 2.24) is 9.38 Å². The Morgan fingerprint density at radius 1 is 1.20 bits per heavy atom. The molecule has 1 fully saturated rings. The van der Waals surface area contributed by atoms with Crippen molar-refractivity contribution in [3.63, 3.8) is 0 Å². The van der Waals surface area contributed by atoms with E-state index in [1.165, 1.54) is 0 Å². The number of hydrogen-bond donors (Lipinski definition) is 1. The van der Waals surface area contributed by atoms with E-state index in [-0.39, 0.29) is 37.0 Å². The van der Waals surface area contributed by atoms with Gasteiger partial charge in [-0.25, -0.2) is 4.98 Å². The Kier molecular flexibility index (Phi) is 8.27. The summed E-state index contributed by atoms with van der Waals surface area (Å²) in [5.41, 5.74) is 9.90. The van der Waals surface area contributed by atoms with Gasteiger partial charge in [-0.1, -0.05) is 0 Å². The second kappa shape index (κ2) is 10.1. The molecule has 1 atom stereocenters. The first kappa shape index (κ1) is 24.6. The van der Waals surface area contributed by atoms with Gasteiger partial charge in [0.05, 0.1) is 23.4 Å².